The summed E-state index contributed by atoms with van der Waals surface area (Å²) in [5.74, 6) is -0.591. The van der Waals surface area contributed by atoms with Gasteiger partial charge in [-0.05, 0) is 27.7 Å². The molecular weight excluding hydrogens is 194 g/mol. The number of hydrogen-bond acceptors (Lipinski definition) is 3. The Labute approximate surface area is 91.0 Å². The van der Waals surface area contributed by atoms with Crippen LogP contribution in [0.25, 0.3) is 0 Å². The first-order chi connectivity index (χ1) is 6.76. The molecule has 0 aromatic carbocycles. The molecule has 2 amide bonds. The molecule has 88 valence electrons. The summed E-state index contributed by atoms with van der Waals surface area (Å²) in [5.41, 5.74) is 4.93. The molecule has 0 aromatic heterocycles. The number of carbonyl (C=O) groups excluding carboxylic acids is 2. The second-order valence-electron chi connectivity index (χ2n) is 4.48. The van der Waals surface area contributed by atoms with Gasteiger partial charge >= 0.3 is 0 Å². The summed E-state index contributed by atoms with van der Waals surface area (Å²) < 4.78 is 0. The van der Waals surface area contributed by atoms with E-state index in [-0.39, 0.29) is 24.5 Å². The molecule has 0 unspecified atom stereocenters. The maximum atomic E-state index is 11.6. The Morgan fingerprint density at radius 2 is 1.87 bits per heavy atom. The zero-order chi connectivity index (χ0) is 12.1. The van der Waals surface area contributed by atoms with Gasteiger partial charge in [0.2, 0.25) is 11.8 Å². The van der Waals surface area contributed by atoms with Crippen LogP contribution in [0, 0.1) is 0 Å². The lowest BCUT2D eigenvalue weighted by Crippen LogP contribution is -2.47. The topological polar surface area (TPSA) is 75.4 Å². The average molecular weight is 215 g/mol. The molecule has 0 aromatic rings. The van der Waals surface area contributed by atoms with Gasteiger partial charge in [-0.15, -0.1) is 0 Å². The molecule has 0 aliphatic carbocycles. The fourth-order valence-corrected chi connectivity index (χ4v) is 1.02. The maximum Gasteiger partial charge on any atom is 0.237 e. The maximum absolute atomic E-state index is 11.6. The van der Waals surface area contributed by atoms with Crippen LogP contribution in [0.2, 0.25) is 0 Å². The Bertz CT molecular complexity index is 233. The zero-order valence-corrected chi connectivity index (χ0v) is 9.96. The lowest BCUT2D eigenvalue weighted by atomic mass is 10.1. The van der Waals surface area contributed by atoms with Gasteiger partial charge in [0.1, 0.15) is 0 Å². The summed E-state index contributed by atoms with van der Waals surface area (Å²) >= 11 is 0. The number of likely N-dealkylation sites (N-methyl/N-ethyl adjacent to an activating group) is 1. The molecule has 0 rings (SSSR count). The van der Waals surface area contributed by atoms with E-state index in [1.54, 1.807) is 0 Å². The van der Waals surface area contributed by atoms with Crippen LogP contribution in [0.3, 0.4) is 0 Å². The molecule has 0 saturated carbocycles. The normalized spacial score (nSPS) is 11.2. The van der Waals surface area contributed by atoms with E-state index in [1.807, 2.05) is 27.7 Å². The van der Waals surface area contributed by atoms with E-state index in [4.69, 9.17) is 5.73 Å². The Balaban J connectivity index is 4.11. The second-order valence-corrected chi connectivity index (χ2v) is 4.48. The summed E-state index contributed by atoms with van der Waals surface area (Å²) in [6.07, 6.45) is 0. The van der Waals surface area contributed by atoms with Crippen LogP contribution < -0.4 is 11.1 Å². The Hall–Kier alpha value is -1.10. The molecule has 0 fully saturated rings. The first-order valence-electron chi connectivity index (χ1n) is 5.07. The number of amides is 2. The van der Waals surface area contributed by atoms with Gasteiger partial charge in [0, 0.05) is 12.1 Å². The van der Waals surface area contributed by atoms with Crippen LogP contribution >= 0.6 is 0 Å². The summed E-state index contributed by atoms with van der Waals surface area (Å²) in [6.45, 7) is 8.46. The first kappa shape index (κ1) is 13.9. The third-order valence-electron chi connectivity index (χ3n) is 1.85. The Kier molecular flexibility index (Phi) is 5.28. The largest absolute Gasteiger partial charge is 0.368 e. The van der Waals surface area contributed by atoms with Gasteiger partial charge in [-0.1, -0.05) is 0 Å². The van der Waals surface area contributed by atoms with E-state index in [0.717, 1.165) is 0 Å². The van der Waals surface area contributed by atoms with Crippen molar-refractivity contribution >= 4 is 11.8 Å². The van der Waals surface area contributed by atoms with E-state index in [2.05, 4.69) is 5.32 Å². The molecule has 0 aliphatic rings. The number of nitrogens with one attached hydrogen (secondary N) is 1. The second kappa shape index (κ2) is 5.70. The highest BCUT2D eigenvalue weighted by Crippen LogP contribution is 1.98. The highest BCUT2D eigenvalue weighted by Gasteiger charge is 2.16. The minimum absolute atomic E-state index is 0.0127. The van der Waals surface area contributed by atoms with Crippen molar-refractivity contribution in [1.82, 2.24) is 10.2 Å². The highest BCUT2D eigenvalue weighted by atomic mass is 16.2. The molecule has 3 N–H and O–H groups in total. The van der Waals surface area contributed by atoms with Gasteiger partial charge in [0.15, 0.2) is 0 Å². The summed E-state index contributed by atoms with van der Waals surface area (Å²) in [5, 5.41) is 3.07. The summed E-state index contributed by atoms with van der Waals surface area (Å²) in [6, 6.07) is 0. The molecule has 5 heteroatoms. The van der Waals surface area contributed by atoms with Crippen molar-refractivity contribution in [3.05, 3.63) is 0 Å². The molecule has 0 saturated heterocycles. The SMILES string of the molecule is CCN(CC(N)=O)C(=O)CNC(C)(C)C. The number of nitrogens with zero attached hydrogens (tertiary/aromatic N) is 1. The molecular formula is C10H21N3O2. The van der Waals surface area contributed by atoms with Gasteiger partial charge < -0.3 is 16.0 Å². The fourth-order valence-electron chi connectivity index (χ4n) is 1.02. The Morgan fingerprint density at radius 1 is 1.33 bits per heavy atom. The molecule has 15 heavy (non-hydrogen) atoms. The van der Waals surface area contributed by atoms with E-state index in [0.29, 0.717) is 6.54 Å². The first-order valence-corrected chi connectivity index (χ1v) is 5.07. The zero-order valence-electron chi connectivity index (χ0n) is 9.96. The van der Waals surface area contributed by atoms with Crippen molar-refractivity contribution in [2.45, 2.75) is 33.2 Å². The molecule has 0 aliphatic heterocycles. The molecule has 0 spiro atoms. The number of hydrogen-bond donors (Lipinski definition) is 2. The van der Waals surface area contributed by atoms with Crippen molar-refractivity contribution in [3.8, 4) is 0 Å². The number of rotatable bonds is 5. The van der Waals surface area contributed by atoms with Crippen LogP contribution in [0.15, 0.2) is 0 Å². The minimum Gasteiger partial charge on any atom is -0.368 e. The highest BCUT2D eigenvalue weighted by molar-refractivity contribution is 5.84. The molecule has 5 nitrogen and oxygen atoms in total. The van der Waals surface area contributed by atoms with E-state index in [9.17, 15) is 9.59 Å². The Morgan fingerprint density at radius 3 is 2.20 bits per heavy atom. The van der Waals surface area contributed by atoms with E-state index in [1.165, 1.54) is 4.90 Å². The van der Waals surface area contributed by atoms with Crippen molar-refractivity contribution in [3.63, 3.8) is 0 Å². The van der Waals surface area contributed by atoms with Gasteiger partial charge in [-0.25, -0.2) is 0 Å². The number of primary amides is 1. The fraction of sp³-hybridized carbons (Fsp3) is 0.800. The predicted octanol–water partition coefficient (Wildman–Crippen LogP) is -0.292. The molecule has 0 heterocycles. The third-order valence-corrected chi connectivity index (χ3v) is 1.85. The lowest BCUT2D eigenvalue weighted by Gasteiger charge is -2.24. The lowest BCUT2D eigenvalue weighted by molar-refractivity contribution is -0.134. The van der Waals surface area contributed by atoms with E-state index < -0.39 is 5.91 Å². The molecule has 0 atom stereocenters. The molecule has 0 bridgehead atoms. The van der Waals surface area contributed by atoms with Crippen molar-refractivity contribution in [1.29, 1.82) is 0 Å². The minimum atomic E-state index is -0.485. The monoisotopic (exact) mass is 215 g/mol. The standard InChI is InChI=1S/C10H21N3O2/c1-5-13(7-8(11)14)9(15)6-12-10(2,3)4/h12H,5-7H2,1-4H3,(H2,11,14). The number of nitrogens with two attached hydrogens (primary N) is 1. The van der Waals surface area contributed by atoms with Crippen molar-refractivity contribution < 1.29 is 9.59 Å². The molecule has 0 radical (unpaired) electrons. The smallest absolute Gasteiger partial charge is 0.237 e. The number of carbonyl (C=O) groups is 2. The van der Waals surface area contributed by atoms with Gasteiger partial charge in [0.25, 0.3) is 0 Å². The van der Waals surface area contributed by atoms with Gasteiger partial charge in [-0.3, -0.25) is 9.59 Å². The van der Waals surface area contributed by atoms with Crippen LogP contribution in [0.4, 0.5) is 0 Å². The van der Waals surface area contributed by atoms with Gasteiger partial charge in [-0.2, -0.15) is 0 Å². The van der Waals surface area contributed by atoms with Gasteiger partial charge in [0.05, 0.1) is 13.1 Å². The summed E-state index contributed by atoms with van der Waals surface area (Å²) in [7, 11) is 0. The van der Waals surface area contributed by atoms with Crippen LogP contribution in [-0.2, 0) is 9.59 Å². The van der Waals surface area contributed by atoms with Crippen molar-refractivity contribution in [2.75, 3.05) is 19.6 Å². The summed E-state index contributed by atoms with van der Waals surface area (Å²) in [4.78, 5) is 23.7. The van der Waals surface area contributed by atoms with Crippen LogP contribution in [0.1, 0.15) is 27.7 Å². The van der Waals surface area contributed by atoms with E-state index >= 15 is 0 Å². The average Bonchev–Trinajstić information content (AvgIpc) is 2.08. The van der Waals surface area contributed by atoms with Crippen LogP contribution in [0.5, 0.6) is 0 Å². The predicted molar refractivity (Wildman–Crippen MR) is 59.2 cm³/mol. The van der Waals surface area contributed by atoms with Crippen LogP contribution in [-0.4, -0.2) is 41.9 Å². The quantitative estimate of drug-likeness (QED) is 0.661. The third kappa shape index (κ3) is 6.90. The van der Waals surface area contributed by atoms with Crippen molar-refractivity contribution in [2.24, 2.45) is 5.73 Å².